The largest absolute Gasteiger partial charge is 0.495 e. The summed E-state index contributed by atoms with van der Waals surface area (Å²) >= 11 is 1.30. The van der Waals surface area contributed by atoms with E-state index in [-0.39, 0.29) is 5.91 Å². The van der Waals surface area contributed by atoms with Crippen LogP contribution in [0.25, 0.3) is 5.57 Å². The summed E-state index contributed by atoms with van der Waals surface area (Å²) < 4.78 is 18.5. The van der Waals surface area contributed by atoms with Gasteiger partial charge in [0.05, 0.1) is 23.3 Å². The van der Waals surface area contributed by atoms with Crippen LogP contribution in [0.2, 0.25) is 0 Å². The zero-order chi connectivity index (χ0) is 18.0. The van der Waals surface area contributed by atoms with Crippen molar-refractivity contribution in [2.75, 3.05) is 17.8 Å². The molecule has 1 aliphatic heterocycles. The molecule has 4 nitrogen and oxygen atoms in total. The summed E-state index contributed by atoms with van der Waals surface area (Å²) in [6, 6.07) is 12.4. The van der Waals surface area contributed by atoms with Crippen LogP contribution >= 0.6 is 11.8 Å². The third-order valence-electron chi connectivity index (χ3n) is 3.79. The number of carbonyl (C=O) groups is 2. The fourth-order valence-electron chi connectivity index (χ4n) is 2.69. The minimum Gasteiger partial charge on any atom is -0.495 e. The molecule has 1 heterocycles. The van der Waals surface area contributed by atoms with Gasteiger partial charge in [0.1, 0.15) is 11.6 Å². The Hall–Kier alpha value is -2.60. The lowest BCUT2D eigenvalue weighted by Crippen LogP contribution is -2.31. The molecular formula is C19H16FNO3S. The molecule has 0 unspecified atom stereocenters. The van der Waals surface area contributed by atoms with E-state index >= 15 is 0 Å². The molecule has 0 saturated heterocycles. The molecule has 1 aliphatic rings. The maximum atomic E-state index is 13.2. The highest BCUT2D eigenvalue weighted by molar-refractivity contribution is 8.04. The second-order valence-electron chi connectivity index (χ2n) is 5.26. The van der Waals surface area contributed by atoms with Crippen LogP contribution in [0.5, 0.6) is 5.75 Å². The highest BCUT2D eigenvalue weighted by atomic mass is 32.2. The van der Waals surface area contributed by atoms with Crippen molar-refractivity contribution in [3.05, 3.63) is 64.8 Å². The summed E-state index contributed by atoms with van der Waals surface area (Å²) in [4.78, 5) is 27.4. The highest BCUT2D eigenvalue weighted by Gasteiger charge is 2.41. The minimum absolute atomic E-state index is 0.294. The van der Waals surface area contributed by atoms with Crippen molar-refractivity contribution in [3.8, 4) is 5.75 Å². The maximum absolute atomic E-state index is 13.2. The van der Waals surface area contributed by atoms with E-state index in [1.807, 2.05) is 6.92 Å². The van der Waals surface area contributed by atoms with Gasteiger partial charge in [0.25, 0.3) is 11.8 Å². The number of halogens is 1. The first-order chi connectivity index (χ1) is 12.1. The topological polar surface area (TPSA) is 46.6 Å². The molecule has 2 amide bonds. The van der Waals surface area contributed by atoms with Crippen LogP contribution in [0.1, 0.15) is 12.5 Å². The van der Waals surface area contributed by atoms with E-state index in [1.165, 1.54) is 43.1 Å². The Morgan fingerprint density at radius 3 is 2.36 bits per heavy atom. The molecule has 0 atom stereocenters. The third kappa shape index (κ3) is 3.05. The molecule has 0 aliphatic carbocycles. The Kier molecular flexibility index (Phi) is 4.90. The number of imide groups is 1. The van der Waals surface area contributed by atoms with Crippen LogP contribution in [0.3, 0.4) is 0 Å². The van der Waals surface area contributed by atoms with Gasteiger partial charge >= 0.3 is 0 Å². The van der Waals surface area contributed by atoms with Gasteiger partial charge in [-0.3, -0.25) is 9.59 Å². The molecule has 6 heteroatoms. The number of benzene rings is 2. The van der Waals surface area contributed by atoms with Crippen LogP contribution in [0.4, 0.5) is 10.1 Å². The van der Waals surface area contributed by atoms with Crippen LogP contribution < -0.4 is 9.64 Å². The molecule has 0 bridgehead atoms. The maximum Gasteiger partial charge on any atom is 0.272 e. The monoisotopic (exact) mass is 357 g/mol. The number of hydrogen-bond donors (Lipinski definition) is 0. The zero-order valence-corrected chi connectivity index (χ0v) is 14.6. The molecule has 3 rings (SSSR count). The Morgan fingerprint density at radius 2 is 1.72 bits per heavy atom. The van der Waals surface area contributed by atoms with E-state index in [4.69, 9.17) is 4.74 Å². The first-order valence-corrected chi connectivity index (χ1v) is 8.71. The molecule has 2 aromatic rings. The Bertz CT molecular complexity index is 861. The molecule has 0 aromatic heterocycles. The second-order valence-corrected chi connectivity index (χ2v) is 6.54. The van der Waals surface area contributed by atoms with E-state index in [2.05, 4.69) is 0 Å². The van der Waals surface area contributed by atoms with Crippen LogP contribution in [-0.2, 0) is 9.59 Å². The van der Waals surface area contributed by atoms with Crippen molar-refractivity contribution < 1.29 is 18.7 Å². The molecule has 2 aromatic carbocycles. The number of para-hydroxylation sites is 2. The molecule has 0 spiro atoms. The number of thioether (sulfide) groups is 1. The van der Waals surface area contributed by atoms with Crippen molar-refractivity contribution in [2.24, 2.45) is 0 Å². The number of hydrogen-bond acceptors (Lipinski definition) is 4. The fourth-order valence-corrected chi connectivity index (χ4v) is 3.55. The number of methoxy groups -OCH3 is 1. The summed E-state index contributed by atoms with van der Waals surface area (Å²) in [5.74, 6) is -0.144. The number of ether oxygens (including phenoxy) is 1. The van der Waals surface area contributed by atoms with Crippen LogP contribution in [0.15, 0.2) is 53.4 Å². The van der Waals surface area contributed by atoms with Gasteiger partial charge in [0.15, 0.2) is 0 Å². The summed E-state index contributed by atoms with van der Waals surface area (Å²) in [7, 11) is 1.49. The zero-order valence-electron chi connectivity index (χ0n) is 13.8. The second kappa shape index (κ2) is 7.11. The quantitative estimate of drug-likeness (QED) is 0.762. The Morgan fingerprint density at radius 1 is 1.04 bits per heavy atom. The van der Waals surface area contributed by atoms with Crippen molar-refractivity contribution in [1.29, 1.82) is 0 Å². The summed E-state index contributed by atoms with van der Waals surface area (Å²) in [5, 5.41) is 0. The van der Waals surface area contributed by atoms with Gasteiger partial charge < -0.3 is 4.74 Å². The summed E-state index contributed by atoms with van der Waals surface area (Å²) in [6.45, 7) is 1.91. The fraction of sp³-hybridized carbons (Fsp3) is 0.158. The van der Waals surface area contributed by atoms with Crippen LogP contribution in [0, 0.1) is 5.82 Å². The normalized spacial score (nSPS) is 14.4. The van der Waals surface area contributed by atoms with Crippen molar-refractivity contribution >= 4 is 34.8 Å². The van der Waals surface area contributed by atoms with Gasteiger partial charge in [-0.2, -0.15) is 0 Å². The van der Waals surface area contributed by atoms with E-state index in [0.717, 1.165) is 4.90 Å². The van der Waals surface area contributed by atoms with E-state index in [9.17, 15) is 14.0 Å². The molecule has 0 fully saturated rings. The van der Waals surface area contributed by atoms with Gasteiger partial charge in [0, 0.05) is 0 Å². The number of nitrogens with zero attached hydrogens (tertiary/aromatic N) is 1. The van der Waals surface area contributed by atoms with Crippen molar-refractivity contribution in [1.82, 2.24) is 0 Å². The first kappa shape index (κ1) is 17.2. The third-order valence-corrected chi connectivity index (χ3v) is 4.75. The lowest BCUT2D eigenvalue weighted by Gasteiger charge is -2.18. The molecule has 0 saturated carbocycles. The van der Waals surface area contributed by atoms with Gasteiger partial charge in [-0.1, -0.05) is 31.2 Å². The molecule has 128 valence electrons. The number of rotatable bonds is 5. The van der Waals surface area contributed by atoms with Crippen molar-refractivity contribution in [3.63, 3.8) is 0 Å². The Labute approximate surface area is 149 Å². The lowest BCUT2D eigenvalue weighted by molar-refractivity contribution is -0.119. The van der Waals surface area contributed by atoms with E-state index < -0.39 is 11.7 Å². The van der Waals surface area contributed by atoms with Gasteiger partial charge in [-0.05, 0) is 35.6 Å². The summed E-state index contributed by atoms with van der Waals surface area (Å²) in [6.07, 6.45) is 0. The molecule has 0 radical (unpaired) electrons. The highest BCUT2D eigenvalue weighted by Crippen LogP contribution is 2.40. The average molecular weight is 357 g/mol. The van der Waals surface area contributed by atoms with Gasteiger partial charge in [-0.15, -0.1) is 11.8 Å². The predicted molar refractivity (Wildman–Crippen MR) is 96.9 cm³/mol. The Balaban J connectivity index is 2.11. The number of carbonyl (C=O) groups excluding carboxylic acids is 2. The summed E-state index contributed by atoms with van der Waals surface area (Å²) in [5.41, 5.74) is 1.21. The molecule has 25 heavy (non-hydrogen) atoms. The lowest BCUT2D eigenvalue weighted by atomic mass is 10.1. The van der Waals surface area contributed by atoms with Crippen molar-refractivity contribution in [2.45, 2.75) is 6.92 Å². The predicted octanol–water partition coefficient (Wildman–Crippen LogP) is 3.87. The standard InChI is InChI=1S/C19H16FNO3S/c1-3-25-17-16(12-8-10-13(20)11-9-12)18(22)21(19(17)23)14-6-4-5-7-15(14)24-2/h4-11H,3H2,1-2H3. The first-order valence-electron chi connectivity index (χ1n) is 7.73. The van der Waals surface area contributed by atoms with E-state index in [1.54, 1.807) is 24.3 Å². The van der Waals surface area contributed by atoms with E-state index in [0.29, 0.717) is 33.2 Å². The number of anilines is 1. The SMILES string of the molecule is CCSC1=C(c2ccc(F)cc2)C(=O)N(c2ccccc2OC)C1=O. The molecule has 0 N–H and O–H groups in total. The average Bonchev–Trinajstić information content (AvgIpc) is 2.86. The minimum atomic E-state index is -0.433. The van der Waals surface area contributed by atoms with Gasteiger partial charge in [0.2, 0.25) is 0 Å². The van der Waals surface area contributed by atoms with Gasteiger partial charge in [-0.25, -0.2) is 9.29 Å². The van der Waals surface area contributed by atoms with Crippen LogP contribution in [-0.4, -0.2) is 24.7 Å². The molecular weight excluding hydrogens is 341 g/mol. The smallest absolute Gasteiger partial charge is 0.272 e. The number of amides is 2.